The van der Waals surface area contributed by atoms with Gasteiger partial charge in [0.1, 0.15) is 0 Å². The van der Waals surface area contributed by atoms with Gasteiger partial charge in [-0.3, -0.25) is 0 Å². The smallest absolute Gasteiger partial charge is 0.0725 e. The summed E-state index contributed by atoms with van der Waals surface area (Å²) in [7, 11) is 0. The van der Waals surface area contributed by atoms with Crippen LogP contribution in [0.4, 0.5) is 0 Å². The maximum atomic E-state index is 6.98. The second-order valence-electron chi connectivity index (χ2n) is 6.28. The first kappa shape index (κ1) is 12.7. The standard InChI is InChI=1S/C18H16Cl2/c1-17(19)15-11-7-3-5-9-13(11)16(18(17,2)20)14-10-6-4-8-12(14)15/h3-10,15-16H,1-2H3. The molecule has 2 bridgehead atoms. The predicted molar refractivity (Wildman–Crippen MR) is 85.1 cm³/mol. The summed E-state index contributed by atoms with van der Waals surface area (Å²) >= 11 is 14.0. The normalized spacial score (nSPS) is 37.4. The minimum Gasteiger partial charge on any atom is -0.117 e. The van der Waals surface area contributed by atoms with Crippen LogP contribution < -0.4 is 0 Å². The molecular formula is C18H16Cl2. The van der Waals surface area contributed by atoms with Gasteiger partial charge in [0.2, 0.25) is 0 Å². The van der Waals surface area contributed by atoms with Crippen LogP contribution in [0.25, 0.3) is 0 Å². The van der Waals surface area contributed by atoms with Gasteiger partial charge in [-0.1, -0.05) is 48.5 Å². The summed E-state index contributed by atoms with van der Waals surface area (Å²) in [6.07, 6.45) is 0. The van der Waals surface area contributed by atoms with E-state index < -0.39 is 9.75 Å². The van der Waals surface area contributed by atoms with Gasteiger partial charge in [-0.25, -0.2) is 0 Å². The zero-order valence-electron chi connectivity index (χ0n) is 11.5. The molecule has 0 fully saturated rings. The Kier molecular flexibility index (Phi) is 2.43. The molecule has 5 rings (SSSR count). The lowest BCUT2D eigenvalue weighted by Gasteiger charge is -2.57. The Morgan fingerprint density at radius 1 is 0.650 bits per heavy atom. The maximum Gasteiger partial charge on any atom is 0.0725 e. The van der Waals surface area contributed by atoms with Gasteiger partial charge in [0.15, 0.2) is 0 Å². The molecule has 0 nitrogen and oxygen atoms in total. The van der Waals surface area contributed by atoms with Crippen molar-refractivity contribution in [1.29, 1.82) is 0 Å². The van der Waals surface area contributed by atoms with E-state index in [0.717, 1.165) is 0 Å². The number of fused-ring (bicyclic) bond motifs is 1. The lowest BCUT2D eigenvalue weighted by Crippen LogP contribution is -2.57. The van der Waals surface area contributed by atoms with Gasteiger partial charge in [0, 0.05) is 11.8 Å². The van der Waals surface area contributed by atoms with E-state index in [2.05, 4.69) is 62.4 Å². The molecule has 0 saturated carbocycles. The SMILES string of the molecule is CC1(Cl)C2c3ccccc3C(c3ccccc32)C1(C)Cl. The number of rotatable bonds is 0. The van der Waals surface area contributed by atoms with E-state index in [1.54, 1.807) is 0 Å². The number of benzene rings is 2. The minimum absolute atomic E-state index is 0.157. The van der Waals surface area contributed by atoms with Crippen molar-refractivity contribution in [3.63, 3.8) is 0 Å². The highest BCUT2D eigenvalue weighted by Crippen LogP contribution is 2.66. The Hall–Kier alpha value is -0.980. The average molecular weight is 303 g/mol. The first-order chi connectivity index (χ1) is 9.46. The second-order valence-corrected chi connectivity index (χ2v) is 7.85. The van der Waals surface area contributed by atoms with Crippen LogP contribution in [-0.4, -0.2) is 9.75 Å². The molecule has 3 aliphatic carbocycles. The van der Waals surface area contributed by atoms with Gasteiger partial charge in [-0.15, -0.1) is 23.2 Å². The third kappa shape index (κ3) is 1.30. The highest BCUT2D eigenvalue weighted by molar-refractivity contribution is 6.36. The highest BCUT2D eigenvalue weighted by Gasteiger charge is 2.61. The number of hydrogen-bond donors (Lipinski definition) is 0. The molecular weight excluding hydrogens is 287 g/mol. The Morgan fingerprint density at radius 3 is 1.15 bits per heavy atom. The van der Waals surface area contributed by atoms with Gasteiger partial charge in [0.05, 0.1) is 9.75 Å². The van der Waals surface area contributed by atoms with Crippen LogP contribution in [0.2, 0.25) is 0 Å². The summed E-state index contributed by atoms with van der Waals surface area (Å²) in [5, 5.41) is 0. The Labute approximate surface area is 129 Å². The summed E-state index contributed by atoms with van der Waals surface area (Å²) in [4.78, 5) is -0.968. The van der Waals surface area contributed by atoms with Gasteiger partial charge in [-0.05, 0) is 36.1 Å². The lowest BCUT2D eigenvalue weighted by molar-refractivity contribution is 0.329. The molecule has 102 valence electrons. The van der Waals surface area contributed by atoms with Crippen molar-refractivity contribution < 1.29 is 0 Å². The summed E-state index contributed by atoms with van der Waals surface area (Å²) in [5.74, 6) is 0.313. The summed E-state index contributed by atoms with van der Waals surface area (Å²) < 4.78 is 0. The molecule has 2 aromatic rings. The molecule has 0 heterocycles. The van der Waals surface area contributed by atoms with Gasteiger partial charge in [0.25, 0.3) is 0 Å². The van der Waals surface area contributed by atoms with Crippen molar-refractivity contribution in [2.45, 2.75) is 35.4 Å². The highest BCUT2D eigenvalue weighted by atomic mass is 35.5. The first-order valence-electron chi connectivity index (χ1n) is 7.01. The monoisotopic (exact) mass is 302 g/mol. The number of halogens is 2. The number of hydrogen-bond acceptors (Lipinski definition) is 0. The average Bonchev–Trinajstić information content (AvgIpc) is 2.42. The summed E-state index contributed by atoms with van der Waals surface area (Å²) in [6.45, 7) is 4.18. The fourth-order valence-electron chi connectivity index (χ4n) is 4.14. The van der Waals surface area contributed by atoms with Crippen LogP contribution >= 0.6 is 23.2 Å². The van der Waals surface area contributed by atoms with Crippen molar-refractivity contribution in [3.8, 4) is 0 Å². The first-order valence-corrected chi connectivity index (χ1v) is 7.77. The molecule has 2 aromatic carbocycles. The van der Waals surface area contributed by atoms with E-state index in [-0.39, 0.29) is 11.8 Å². The Balaban J connectivity index is 2.13. The fraction of sp³-hybridized carbons (Fsp3) is 0.333. The number of alkyl halides is 2. The molecule has 0 spiro atoms. The second kappa shape index (κ2) is 3.81. The molecule has 0 saturated heterocycles. The molecule has 0 N–H and O–H groups in total. The summed E-state index contributed by atoms with van der Waals surface area (Å²) in [6, 6.07) is 17.2. The van der Waals surface area contributed by atoms with Gasteiger partial charge < -0.3 is 0 Å². The Morgan fingerprint density at radius 2 is 0.900 bits per heavy atom. The third-order valence-electron chi connectivity index (χ3n) is 5.28. The quantitative estimate of drug-likeness (QED) is 0.581. The third-order valence-corrected chi connectivity index (χ3v) is 6.59. The van der Waals surface area contributed by atoms with E-state index in [4.69, 9.17) is 23.2 Å². The molecule has 0 aliphatic heterocycles. The molecule has 0 amide bonds. The van der Waals surface area contributed by atoms with E-state index in [1.807, 2.05) is 0 Å². The van der Waals surface area contributed by atoms with Crippen molar-refractivity contribution >= 4 is 23.2 Å². The molecule has 20 heavy (non-hydrogen) atoms. The molecule has 0 radical (unpaired) electrons. The van der Waals surface area contributed by atoms with Gasteiger partial charge >= 0.3 is 0 Å². The van der Waals surface area contributed by atoms with Crippen molar-refractivity contribution in [2.75, 3.05) is 0 Å². The molecule has 2 heteroatoms. The van der Waals surface area contributed by atoms with Crippen molar-refractivity contribution in [1.82, 2.24) is 0 Å². The zero-order chi connectivity index (χ0) is 14.1. The molecule has 0 aromatic heterocycles. The Bertz CT molecular complexity index is 593. The van der Waals surface area contributed by atoms with Gasteiger partial charge in [-0.2, -0.15) is 0 Å². The van der Waals surface area contributed by atoms with E-state index >= 15 is 0 Å². The van der Waals surface area contributed by atoms with E-state index in [9.17, 15) is 0 Å². The van der Waals surface area contributed by atoms with Crippen LogP contribution in [0.3, 0.4) is 0 Å². The van der Waals surface area contributed by atoms with Crippen molar-refractivity contribution in [3.05, 3.63) is 70.8 Å². The predicted octanol–water partition coefficient (Wildman–Crippen LogP) is 5.27. The maximum absolute atomic E-state index is 6.98. The molecule has 2 atom stereocenters. The van der Waals surface area contributed by atoms with E-state index in [1.165, 1.54) is 22.3 Å². The van der Waals surface area contributed by atoms with Crippen LogP contribution in [0.15, 0.2) is 48.5 Å². The lowest BCUT2D eigenvalue weighted by atomic mass is 9.54. The summed E-state index contributed by atoms with van der Waals surface area (Å²) in [5.41, 5.74) is 5.36. The fourth-order valence-corrected chi connectivity index (χ4v) is 4.83. The van der Waals surface area contributed by atoms with Crippen LogP contribution in [0, 0.1) is 0 Å². The molecule has 3 aliphatic rings. The van der Waals surface area contributed by atoms with Crippen LogP contribution in [-0.2, 0) is 0 Å². The largest absolute Gasteiger partial charge is 0.117 e. The van der Waals surface area contributed by atoms with Crippen LogP contribution in [0.5, 0.6) is 0 Å². The zero-order valence-corrected chi connectivity index (χ0v) is 13.0. The minimum atomic E-state index is -0.484. The topological polar surface area (TPSA) is 0 Å². The van der Waals surface area contributed by atoms with Crippen molar-refractivity contribution in [2.24, 2.45) is 0 Å². The molecule has 2 unspecified atom stereocenters. The van der Waals surface area contributed by atoms with Crippen LogP contribution in [0.1, 0.15) is 47.9 Å². The van der Waals surface area contributed by atoms with E-state index in [0.29, 0.717) is 0 Å².